The fourth-order valence-corrected chi connectivity index (χ4v) is 4.02. The van der Waals surface area contributed by atoms with Gasteiger partial charge in [-0.25, -0.2) is 19.4 Å². The van der Waals surface area contributed by atoms with E-state index < -0.39 is 17.7 Å². The highest BCUT2D eigenvalue weighted by atomic mass is 16.6. The minimum Gasteiger partial charge on any atom is -0.497 e. The van der Waals surface area contributed by atoms with Gasteiger partial charge in [0.15, 0.2) is 5.65 Å². The molecule has 0 aliphatic carbocycles. The SMILES string of the molecule is C#CC1CC(n2nc(C#Cc3cc(OC)cc(OC)c3)c3c(N)ncnc32)CN1C(=O)OC(C)(C)C. The Kier molecular flexibility index (Phi) is 6.63. The van der Waals surface area contributed by atoms with Gasteiger partial charge in [-0.2, -0.15) is 5.10 Å². The van der Waals surface area contributed by atoms with Gasteiger partial charge >= 0.3 is 6.09 Å². The molecule has 0 spiro atoms. The number of amides is 1. The standard InChI is InChI=1S/C26H28N6O4/c1-7-17-12-18(14-31(17)25(33)36-26(2,3)4)32-24-22(23(27)28-15-29-24)21(30-32)9-8-16-10-19(34-5)13-20(11-16)35-6/h1,10-11,13,15,17-18H,12,14H2,2-6H3,(H2,27,28,29). The Labute approximate surface area is 209 Å². The monoisotopic (exact) mass is 488 g/mol. The third kappa shape index (κ3) is 4.98. The lowest BCUT2D eigenvalue weighted by Crippen LogP contribution is -2.39. The number of terminal acetylenes is 1. The molecule has 2 aromatic heterocycles. The topological polar surface area (TPSA) is 118 Å². The first-order valence-electron chi connectivity index (χ1n) is 11.3. The number of hydrogen-bond acceptors (Lipinski definition) is 8. The summed E-state index contributed by atoms with van der Waals surface area (Å²) in [5.74, 6) is 10.4. The third-order valence-corrected chi connectivity index (χ3v) is 5.64. The van der Waals surface area contributed by atoms with Gasteiger partial charge in [-0.15, -0.1) is 6.42 Å². The number of nitrogen functional groups attached to an aromatic ring is 1. The van der Waals surface area contributed by atoms with Crippen LogP contribution in [0.2, 0.25) is 0 Å². The van der Waals surface area contributed by atoms with Crippen LogP contribution in [0.15, 0.2) is 24.5 Å². The van der Waals surface area contributed by atoms with Crippen LogP contribution >= 0.6 is 0 Å². The van der Waals surface area contributed by atoms with Gasteiger partial charge in [-0.3, -0.25) is 4.90 Å². The average molecular weight is 489 g/mol. The number of ether oxygens (including phenoxy) is 3. The molecule has 1 fully saturated rings. The predicted molar refractivity (Wildman–Crippen MR) is 134 cm³/mol. The number of methoxy groups -OCH3 is 2. The maximum atomic E-state index is 12.8. The molecule has 2 unspecified atom stereocenters. The van der Waals surface area contributed by atoms with Crippen LogP contribution in [-0.4, -0.2) is 63.1 Å². The Morgan fingerprint density at radius 2 is 1.83 bits per heavy atom. The predicted octanol–water partition coefficient (Wildman–Crippen LogP) is 3.01. The van der Waals surface area contributed by atoms with Crippen LogP contribution < -0.4 is 15.2 Å². The first-order chi connectivity index (χ1) is 17.1. The largest absolute Gasteiger partial charge is 0.497 e. The Balaban J connectivity index is 1.72. The lowest BCUT2D eigenvalue weighted by Gasteiger charge is -2.26. The van der Waals surface area contributed by atoms with E-state index in [1.807, 2.05) is 20.8 Å². The van der Waals surface area contributed by atoms with Crippen LogP contribution in [0.1, 0.15) is 44.5 Å². The van der Waals surface area contributed by atoms with E-state index >= 15 is 0 Å². The Morgan fingerprint density at radius 1 is 1.14 bits per heavy atom. The van der Waals surface area contributed by atoms with E-state index in [0.29, 0.717) is 46.8 Å². The first-order valence-corrected chi connectivity index (χ1v) is 11.3. The van der Waals surface area contributed by atoms with Crippen molar-refractivity contribution in [1.29, 1.82) is 0 Å². The number of fused-ring (bicyclic) bond motifs is 1. The van der Waals surface area contributed by atoms with E-state index in [-0.39, 0.29) is 11.9 Å². The lowest BCUT2D eigenvalue weighted by molar-refractivity contribution is 0.0255. The summed E-state index contributed by atoms with van der Waals surface area (Å²) < 4.78 is 17.9. The van der Waals surface area contributed by atoms with Crippen molar-refractivity contribution in [2.75, 3.05) is 26.5 Å². The molecule has 10 nitrogen and oxygen atoms in total. The van der Waals surface area contributed by atoms with Crippen LogP contribution in [0.5, 0.6) is 11.5 Å². The normalized spacial score (nSPS) is 17.3. The van der Waals surface area contributed by atoms with Gasteiger partial charge in [0.2, 0.25) is 0 Å². The van der Waals surface area contributed by atoms with Gasteiger partial charge in [0.25, 0.3) is 0 Å². The second kappa shape index (κ2) is 9.67. The van der Waals surface area contributed by atoms with E-state index in [1.54, 1.807) is 42.0 Å². The zero-order chi connectivity index (χ0) is 26.0. The number of nitrogens with zero attached hydrogens (tertiary/aromatic N) is 5. The van der Waals surface area contributed by atoms with Crippen LogP contribution in [0.4, 0.5) is 10.6 Å². The lowest BCUT2D eigenvalue weighted by atomic mass is 10.2. The molecule has 1 amide bonds. The van der Waals surface area contributed by atoms with Crippen molar-refractivity contribution in [3.8, 4) is 35.7 Å². The summed E-state index contributed by atoms with van der Waals surface area (Å²) in [5.41, 5.74) is 7.16. The van der Waals surface area contributed by atoms with Crippen molar-refractivity contribution in [3.63, 3.8) is 0 Å². The Hall–Kier alpha value is -4.44. The summed E-state index contributed by atoms with van der Waals surface area (Å²) >= 11 is 0. The molecule has 2 atom stereocenters. The van der Waals surface area contributed by atoms with Gasteiger partial charge in [0.1, 0.15) is 34.9 Å². The molecule has 1 aliphatic heterocycles. The number of aromatic nitrogens is 4. The van der Waals surface area contributed by atoms with E-state index in [4.69, 9.17) is 31.5 Å². The second-order valence-electron chi connectivity index (χ2n) is 9.31. The van der Waals surface area contributed by atoms with Gasteiger partial charge in [0.05, 0.1) is 31.7 Å². The zero-order valence-electron chi connectivity index (χ0n) is 20.9. The molecule has 10 heteroatoms. The number of carbonyl (C=O) groups is 1. The third-order valence-electron chi connectivity index (χ3n) is 5.64. The molecular weight excluding hydrogens is 460 g/mol. The van der Waals surface area contributed by atoms with Crippen LogP contribution in [0, 0.1) is 24.2 Å². The van der Waals surface area contributed by atoms with Crippen molar-refractivity contribution in [2.45, 2.75) is 44.9 Å². The summed E-state index contributed by atoms with van der Waals surface area (Å²) in [6.07, 6.45) is 7.14. The smallest absolute Gasteiger partial charge is 0.411 e. The molecule has 1 aliphatic rings. The van der Waals surface area contributed by atoms with Gasteiger partial charge in [-0.1, -0.05) is 11.8 Å². The molecule has 4 rings (SSSR count). The quantitative estimate of drug-likeness (QED) is 0.559. The maximum Gasteiger partial charge on any atom is 0.411 e. The summed E-state index contributed by atoms with van der Waals surface area (Å²) in [5, 5.41) is 5.26. The molecular formula is C26H28N6O4. The zero-order valence-corrected chi connectivity index (χ0v) is 20.9. The molecule has 1 aromatic carbocycles. The van der Waals surface area contributed by atoms with Crippen molar-refractivity contribution >= 4 is 22.9 Å². The van der Waals surface area contributed by atoms with Gasteiger partial charge in [-0.05, 0) is 38.8 Å². The van der Waals surface area contributed by atoms with Crippen molar-refractivity contribution < 1.29 is 19.0 Å². The molecule has 0 radical (unpaired) electrons. The summed E-state index contributed by atoms with van der Waals surface area (Å²) in [6, 6.07) is 4.66. The fraction of sp³-hybridized carbons (Fsp3) is 0.385. The molecule has 1 saturated heterocycles. The van der Waals surface area contributed by atoms with Crippen molar-refractivity contribution in [3.05, 3.63) is 35.8 Å². The Morgan fingerprint density at radius 3 is 2.44 bits per heavy atom. The Bertz CT molecular complexity index is 1380. The van der Waals surface area contributed by atoms with Crippen LogP contribution in [0.3, 0.4) is 0 Å². The summed E-state index contributed by atoms with van der Waals surface area (Å²) in [6.45, 7) is 5.75. The van der Waals surface area contributed by atoms with Crippen molar-refractivity contribution in [1.82, 2.24) is 24.6 Å². The van der Waals surface area contributed by atoms with Crippen LogP contribution in [-0.2, 0) is 4.74 Å². The highest BCUT2D eigenvalue weighted by Crippen LogP contribution is 2.32. The number of likely N-dealkylation sites (tertiary alicyclic amines) is 1. The van der Waals surface area contributed by atoms with Crippen LogP contribution in [0.25, 0.3) is 11.0 Å². The number of hydrogen-bond donors (Lipinski definition) is 1. The molecule has 36 heavy (non-hydrogen) atoms. The van der Waals surface area contributed by atoms with Crippen molar-refractivity contribution in [2.24, 2.45) is 0 Å². The number of rotatable bonds is 3. The minimum atomic E-state index is -0.639. The highest BCUT2D eigenvalue weighted by molar-refractivity contribution is 5.90. The number of benzene rings is 1. The van der Waals surface area contributed by atoms with Gasteiger partial charge < -0.3 is 19.9 Å². The molecule has 0 saturated carbocycles. The van der Waals surface area contributed by atoms with E-state index in [0.717, 1.165) is 0 Å². The average Bonchev–Trinajstić information content (AvgIpc) is 3.43. The molecule has 3 aromatic rings. The summed E-state index contributed by atoms with van der Waals surface area (Å²) in [7, 11) is 3.15. The number of carbonyl (C=O) groups excluding carboxylic acids is 1. The number of nitrogens with two attached hydrogens (primary N) is 1. The fourth-order valence-electron chi connectivity index (χ4n) is 4.02. The van der Waals surface area contributed by atoms with E-state index in [2.05, 4.69) is 27.7 Å². The van der Waals surface area contributed by atoms with Gasteiger partial charge in [0, 0.05) is 24.6 Å². The molecule has 186 valence electrons. The summed E-state index contributed by atoms with van der Waals surface area (Å²) in [4.78, 5) is 22.9. The molecule has 3 heterocycles. The molecule has 0 bridgehead atoms. The second-order valence-corrected chi connectivity index (χ2v) is 9.31. The van der Waals surface area contributed by atoms with E-state index in [1.165, 1.54) is 6.33 Å². The first kappa shape index (κ1) is 24.7. The minimum absolute atomic E-state index is 0.247. The maximum absolute atomic E-state index is 12.8. The van der Waals surface area contributed by atoms with E-state index in [9.17, 15) is 4.79 Å². The molecule has 2 N–H and O–H groups in total. The number of anilines is 1. The highest BCUT2D eigenvalue weighted by Gasteiger charge is 2.39.